The number of hydrogen-bond acceptors (Lipinski definition) is 3. The summed E-state index contributed by atoms with van der Waals surface area (Å²) < 4.78 is 10.4. The average molecular weight is 279 g/mol. The highest BCUT2D eigenvalue weighted by Gasteiger charge is 2.13. The number of rotatable bonds is 4. The molecule has 3 nitrogen and oxygen atoms in total. The van der Waals surface area contributed by atoms with Gasteiger partial charge < -0.3 is 9.47 Å². The first-order valence-electron chi connectivity index (χ1n) is 6.02. The molecule has 2 rings (SSSR count). The van der Waals surface area contributed by atoms with Crippen LogP contribution in [0, 0.1) is 0 Å². The summed E-state index contributed by atoms with van der Waals surface area (Å²) in [5.74, 6) is 0.433. The third-order valence-corrected chi connectivity index (χ3v) is 3.17. The SMILES string of the molecule is COC(=O)CC(C)Oc1ccc(Cl)c2ccccc12. The number of carbonyl (C=O) groups excluding carboxylic acids is 1. The molecule has 2 aromatic rings. The smallest absolute Gasteiger partial charge is 0.309 e. The second-order valence-electron chi connectivity index (χ2n) is 4.30. The zero-order chi connectivity index (χ0) is 13.8. The van der Waals surface area contributed by atoms with Crippen molar-refractivity contribution in [3.8, 4) is 5.75 Å². The van der Waals surface area contributed by atoms with Crippen molar-refractivity contribution in [3.05, 3.63) is 41.4 Å². The van der Waals surface area contributed by atoms with Crippen LogP contribution in [0.15, 0.2) is 36.4 Å². The molecule has 4 heteroatoms. The van der Waals surface area contributed by atoms with E-state index >= 15 is 0 Å². The molecule has 2 aromatic carbocycles. The largest absolute Gasteiger partial charge is 0.489 e. The number of halogens is 1. The third kappa shape index (κ3) is 3.18. The van der Waals surface area contributed by atoms with Crippen LogP contribution in [0.25, 0.3) is 10.8 Å². The minimum absolute atomic E-state index is 0.216. The lowest BCUT2D eigenvalue weighted by molar-refractivity contribution is -0.142. The van der Waals surface area contributed by atoms with Crippen molar-refractivity contribution in [2.75, 3.05) is 7.11 Å². The molecule has 0 fully saturated rings. The second kappa shape index (κ2) is 5.93. The number of hydrogen-bond donors (Lipinski definition) is 0. The van der Waals surface area contributed by atoms with Crippen LogP contribution in [0.4, 0.5) is 0 Å². The number of ether oxygens (including phenoxy) is 2. The van der Waals surface area contributed by atoms with Gasteiger partial charge in [-0.05, 0) is 19.1 Å². The lowest BCUT2D eigenvalue weighted by Gasteiger charge is -2.15. The number of methoxy groups -OCH3 is 1. The van der Waals surface area contributed by atoms with Gasteiger partial charge in [0.25, 0.3) is 0 Å². The Bertz CT molecular complexity index is 595. The van der Waals surface area contributed by atoms with Crippen molar-refractivity contribution in [3.63, 3.8) is 0 Å². The molecule has 0 aliphatic carbocycles. The number of carbonyl (C=O) groups is 1. The van der Waals surface area contributed by atoms with Gasteiger partial charge in [-0.25, -0.2) is 0 Å². The molecule has 0 aromatic heterocycles. The second-order valence-corrected chi connectivity index (χ2v) is 4.71. The van der Waals surface area contributed by atoms with E-state index in [1.807, 2.05) is 37.3 Å². The topological polar surface area (TPSA) is 35.5 Å². The van der Waals surface area contributed by atoms with Gasteiger partial charge in [0.05, 0.1) is 13.5 Å². The van der Waals surface area contributed by atoms with E-state index in [2.05, 4.69) is 4.74 Å². The maximum absolute atomic E-state index is 11.2. The van der Waals surface area contributed by atoms with Crippen LogP contribution in [0.5, 0.6) is 5.75 Å². The Hall–Kier alpha value is -1.74. The van der Waals surface area contributed by atoms with Gasteiger partial charge in [-0.3, -0.25) is 4.79 Å². The first kappa shape index (κ1) is 13.7. The van der Waals surface area contributed by atoms with Crippen molar-refractivity contribution in [1.82, 2.24) is 0 Å². The van der Waals surface area contributed by atoms with Crippen LogP contribution in [-0.2, 0) is 9.53 Å². The lowest BCUT2D eigenvalue weighted by atomic mass is 10.1. The van der Waals surface area contributed by atoms with Crippen LogP contribution in [0.2, 0.25) is 5.02 Å². The van der Waals surface area contributed by atoms with E-state index in [0.29, 0.717) is 5.02 Å². The van der Waals surface area contributed by atoms with Crippen molar-refractivity contribution in [1.29, 1.82) is 0 Å². The fourth-order valence-corrected chi connectivity index (χ4v) is 2.14. The van der Waals surface area contributed by atoms with Crippen LogP contribution >= 0.6 is 11.6 Å². The van der Waals surface area contributed by atoms with Crippen LogP contribution in [0.3, 0.4) is 0 Å². The van der Waals surface area contributed by atoms with Gasteiger partial charge in [-0.2, -0.15) is 0 Å². The molecular weight excluding hydrogens is 264 g/mol. The normalized spacial score (nSPS) is 12.2. The van der Waals surface area contributed by atoms with Gasteiger partial charge in [-0.15, -0.1) is 0 Å². The molecule has 0 N–H and O–H groups in total. The lowest BCUT2D eigenvalue weighted by Crippen LogP contribution is -2.18. The van der Waals surface area contributed by atoms with Crippen molar-refractivity contribution >= 4 is 28.3 Å². The number of benzene rings is 2. The zero-order valence-corrected chi connectivity index (χ0v) is 11.6. The Labute approximate surface area is 117 Å². The summed E-state index contributed by atoms with van der Waals surface area (Å²) in [5, 5.41) is 2.56. The number of esters is 1. The monoisotopic (exact) mass is 278 g/mol. The highest BCUT2D eigenvalue weighted by molar-refractivity contribution is 6.35. The van der Waals surface area contributed by atoms with Crippen molar-refractivity contribution in [2.24, 2.45) is 0 Å². The van der Waals surface area contributed by atoms with Crippen molar-refractivity contribution < 1.29 is 14.3 Å². The summed E-state index contributed by atoms with van der Waals surface area (Å²) in [5.41, 5.74) is 0. The molecule has 0 radical (unpaired) electrons. The first-order valence-corrected chi connectivity index (χ1v) is 6.40. The molecule has 0 amide bonds. The fraction of sp³-hybridized carbons (Fsp3) is 0.267. The Morgan fingerprint density at radius 3 is 2.58 bits per heavy atom. The highest BCUT2D eigenvalue weighted by atomic mass is 35.5. The molecule has 0 aliphatic rings. The molecule has 1 unspecified atom stereocenters. The van der Waals surface area contributed by atoms with Gasteiger partial charge in [0.1, 0.15) is 11.9 Å². The minimum atomic E-state index is -0.286. The van der Waals surface area contributed by atoms with E-state index in [4.69, 9.17) is 16.3 Å². The Kier molecular flexibility index (Phi) is 4.27. The van der Waals surface area contributed by atoms with E-state index in [-0.39, 0.29) is 18.5 Å². The summed E-state index contributed by atoms with van der Waals surface area (Å²) in [6.07, 6.45) is -0.0370. The molecule has 100 valence electrons. The van der Waals surface area contributed by atoms with E-state index in [1.165, 1.54) is 7.11 Å². The van der Waals surface area contributed by atoms with Gasteiger partial charge in [-0.1, -0.05) is 35.9 Å². The Morgan fingerprint density at radius 1 is 1.21 bits per heavy atom. The van der Waals surface area contributed by atoms with E-state index in [1.54, 1.807) is 6.07 Å². The third-order valence-electron chi connectivity index (χ3n) is 2.84. The van der Waals surface area contributed by atoms with Crippen LogP contribution < -0.4 is 4.74 Å². The predicted molar refractivity (Wildman–Crippen MR) is 75.7 cm³/mol. The summed E-state index contributed by atoms with van der Waals surface area (Å²) in [6, 6.07) is 11.4. The van der Waals surface area contributed by atoms with E-state index in [0.717, 1.165) is 16.5 Å². The van der Waals surface area contributed by atoms with Crippen LogP contribution in [-0.4, -0.2) is 19.2 Å². The maximum Gasteiger partial charge on any atom is 0.309 e. The molecule has 0 bridgehead atoms. The first-order chi connectivity index (χ1) is 9.11. The predicted octanol–water partition coefficient (Wildman–Crippen LogP) is 3.82. The molecule has 0 spiro atoms. The molecule has 1 atom stereocenters. The van der Waals surface area contributed by atoms with E-state index < -0.39 is 0 Å². The standard InChI is InChI=1S/C15H15ClO3/c1-10(9-15(17)18-2)19-14-8-7-13(16)11-5-3-4-6-12(11)14/h3-8,10H,9H2,1-2H3. The quantitative estimate of drug-likeness (QED) is 0.798. The summed E-state index contributed by atoms with van der Waals surface area (Å²) in [7, 11) is 1.37. The zero-order valence-electron chi connectivity index (χ0n) is 10.9. The minimum Gasteiger partial charge on any atom is -0.489 e. The van der Waals surface area contributed by atoms with Gasteiger partial charge in [0.2, 0.25) is 0 Å². The molecule has 0 saturated carbocycles. The molecule has 0 aliphatic heterocycles. The Balaban J connectivity index is 2.26. The van der Waals surface area contributed by atoms with Gasteiger partial charge >= 0.3 is 5.97 Å². The summed E-state index contributed by atoms with van der Waals surface area (Å²) in [4.78, 5) is 11.2. The van der Waals surface area contributed by atoms with E-state index in [9.17, 15) is 4.79 Å². The average Bonchev–Trinajstić information content (AvgIpc) is 2.42. The van der Waals surface area contributed by atoms with Gasteiger partial charge in [0, 0.05) is 15.8 Å². The molecule has 19 heavy (non-hydrogen) atoms. The molecule has 0 heterocycles. The summed E-state index contributed by atoms with van der Waals surface area (Å²) in [6.45, 7) is 1.83. The van der Waals surface area contributed by atoms with Gasteiger partial charge in [0.15, 0.2) is 0 Å². The fourth-order valence-electron chi connectivity index (χ4n) is 1.91. The summed E-state index contributed by atoms with van der Waals surface area (Å²) >= 11 is 6.14. The van der Waals surface area contributed by atoms with Crippen LogP contribution in [0.1, 0.15) is 13.3 Å². The van der Waals surface area contributed by atoms with Crippen molar-refractivity contribution in [2.45, 2.75) is 19.4 Å². The number of fused-ring (bicyclic) bond motifs is 1. The Morgan fingerprint density at radius 2 is 1.89 bits per heavy atom. The maximum atomic E-state index is 11.2. The molecular formula is C15H15ClO3. The highest BCUT2D eigenvalue weighted by Crippen LogP contribution is 2.31. The molecule has 0 saturated heterocycles.